The number of halogens is 5. The standard InChI is InChI=1S/C30H21ClF4N2O4S/c1-2-40-28(39)24-25(18-10-12-20(31)13-11-18)37-27(38)23(42-29(37)36-26(24)30(33,34)35)15-17-6-5-8-21(14-17)41-16-19-7-3-4-9-22(19)32/h3-15,25H,2,16H2,1H3/b23-15-/t25-/m1/s1. The summed E-state index contributed by atoms with van der Waals surface area (Å²) in [5, 5.41) is 0.320. The Hall–Kier alpha value is -4.22. The van der Waals surface area contributed by atoms with E-state index in [1.807, 2.05) is 0 Å². The lowest BCUT2D eigenvalue weighted by molar-refractivity contribution is -0.140. The molecule has 1 aromatic heterocycles. The van der Waals surface area contributed by atoms with E-state index in [1.54, 1.807) is 42.5 Å². The van der Waals surface area contributed by atoms with Crippen molar-refractivity contribution in [3.63, 3.8) is 0 Å². The minimum atomic E-state index is -5.01. The van der Waals surface area contributed by atoms with Gasteiger partial charge in [0.05, 0.1) is 22.8 Å². The third kappa shape index (κ3) is 6.02. The fourth-order valence-corrected chi connectivity index (χ4v) is 5.55. The first-order valence-electron chi connectivity index (χ1n) is 12.6. The molecule has 0 N–H and O–H groups in total. The molecule has 0 saturated carbocycles. The molecule has 216 valence electrons. The molecule has 5 rings (SSSR count). The van der Waals surface area contributed by atoms with Crippen LogP contribution in [0.1, 0.15) is 29.7 Å². The summed E-state index contributed by atoms with van der Waals surface area (Å²) in [5.74, 6) is -1.25. The lowest BCUT2D eigenvalue weighted by atomic mass is 9.95. The highest BCUT2D eigenvalue weighted by Crippen LogP contribution is 2.38. The molecule has 1 aliphatic heterocycles. The highest BCUT2D eigenvalue weighted by atomic mass is 35.5. The summed E-state index contributed by atoms with van der Waals surface area (Å²) in [6, 6.07) is 17.1. The zero-order valence-electron chi connectivity index (χ0n) is 21.8. The van der Waals surface area contributed by atoms with Gasteiger partial charge in [-0.3, -0.25) is 9.36 Å². The fraction of sp³-hybridized carbons (Fsp3) is 0.167. The van der Waals surface area contributed by atoms with Crippen LogP contribution in [0, 0.1) is 5.82 Å². The van der Waals surface area contributed by atoms with Gasteiger partial charge in [-0.15, -0.1) is 0 Å². The molecule has 0 radical (unpaired) electrons. The number of aromatic nitrogens is 1. The van der Waals surface area contributed by atoms with Crippen LogP contribution >= 0.6 is 22.9 Å². The number of ether oxygens (including phenoxy) is 2. The number of hydrogen-bond acceptors (Lipinski definition) is 6. The summed E-state index contributed by atoms with van der Waals surface area (Å²) in [4.78, 5) is 30.1. The number of allylic oxidation sites excluding steroid dienone is 1. The highest BCUT2D eigenvalue weighted by molar-refractivity contribution is 7.07. The van der Waals surface area contributed by atoms with Crippen molar-refractivity contribution in [3.8, 4) is 5.75 Å². The number of alkyl halides is 3. The summed E-state index contributed by atoms with van der Waals surface area (Å²) in [7, 11) is 0. The van der Waals surface area contributed by atoms with Gasteiger partial charge in [0.2, 0.25) is 0 Å². The average molecular weight is 617 g/mol. The number of carbonyl (C=O) groups is 1. The second-order valence-electron chi connectivity index (χ2n) is 9.07. The van der Waals surface area contributed by atoms with Gasteiger partial charge < -0.3 is 9.47 Å². The molecule has 1 atom stereocenters. The Morgan fingerprint density at radius 3 is 2.52 bits per heavy atom. The van der Waals surface area contributed by atoms with Gasteiger partial charge >= 0.3 is 12.1 Å². The van der Waals surface area contributed by atoms with Crippen LogP contribution in [0.2, 0.25) is 5.02 Å². The lowest BCUT2D eigenvalue weighted by Crippen LogP contribution is -2.41. The molecule has 0 amide bonds. The van der Waals surface area contributed by atoms with Crippen LogP contribution in [0.15, 0.2) is 93.9 Å². The molecular formula is C30H21ClF4N2O4S. The first-order valence-corrected chi connectivity index (χ1v) is 13.8. The van der Waals surface area contributed by atoms with Gasteiger partial charge in [0.15, 0.2) is 10.5 Å². The van der Waals surface area contributed by atoms with E-state index in [-0.39, 0.29) is 28.1 Å². The van der Waals surface area contributed by atoms with Crippen molar-refractivity contribution in [1.82, 2.24) is 4.57 Å². The molecule has 0 aliphatic carbocycles. The molecule has 42 heavy (non-hydrogen) atoms. The van der Waals surface area contributed by atoms with Gasteiger partial charge in [-0.25, -0.2) is 14.2 Å². The minimum absolute atomic E-state index is 0.0315. The molecule has 12 heteroatoms. The molecule has 6 nitrogen and oxygen atoms in total. The van der Waals surface area contributed by atoms with Crippen LogP contribution in [0.25, 0.3) is 6.08 Å². The van der Waals surface area contributed by atoms with Crippen molar-refractivity contribution in [1.29, 1.82) is 0 Å². The Bertz CT molecular complexity index is 1860. The van der Waals surface area contributed by atoms with Crippen LogP contribution in [0.5, 0.6) is 5.75 Å². The van der Waals surface area contributed by atoms with E-state index in [0.717, 1.165) is 15.9 Å². The third-order valence-corrected chi connectivity index (χ3v) is 7.52. The van der Waals surface area contributed by atoms with Crippen LogP contribution in [-0.4, -0.2) is 23.3 Å². The summed E-state index contributed by atoms with van der Waals surface area (Å²) in [6.07, 6.45) is -3.52. The maximum absolute atomic E-state index is 14.2. The summed E-state index contributed by atoms with van der Waals surface area (Å²) < 4.78 is 68.5. The van der Waals surface area contributed by atoms with E-state index in [0.29, 0.717) is 21.9 Å². The highest BCUT2D eigenvalue weighted by Gasteiger charge is 2.45. The van der Waals surface area contributed by atoms with Gasteiger partial charge in [0, 0.05) is 10.6 Å². The number of rotatable bonds is 7. The number of esters is 1. The van der Waals surface area contributed by atoms with E-state index in [2.05, 4.69) is 4.99 Å². The quantitative estimate of drug-likeness (QED) is 0.197. The SMILES string of the molecule is CCOC(=O)C1=C(C(F)(F)F)N=c2s/c(=C\c3cccc(OCc4ccccc4F)c3)c(=O)n2[C@@H]1c1ccc(Cl)cc1. The predicted molar refractivity (Wildman–Crippen MR) is 149 cm³/mol. The summed E-state index contributed by atoms with van der Waals surface area (Å²) in [5.41, 5.74) is -1.80. The second-order valence-corrected chi connectivity index (χ2v) is 10.5. The molecule has 2 heterocycles. The Labute approximate surface area is 245 Å². The van der Waals surface area contributed by atoms with Crippen molar-refractivity contribution in [2.24, 2.45) is 4.99 Å². The van der Waals surface area contributed by atoms with E-state index in [4.69, 9.17) is 21.1 Å². The van der Waals surface area contributed by atoms with Crippen LogP contribution in [0.3, 0.4) is 0 Å². The monoisotopic (exact) mass is 616 g/mol. The number of thiazole rings is 1. The molecule has 0 unspecified atom stereocenters. The average Bonchev–Trinajstić information content (AvgIpc) is 3.26. The summed E-state index contributed by atoms with van der Waals surface area (Å²) in [6.45, 7) is 1.25. The van der Waals surface area contributed by atoms with Crippen LogP contribution in [-0.2, 0) is 16.1 Å². The number of fused-ring (bicyclic) bond motifs is 1. The Kier molecular flexibility index (Phi) is 8.33. The maximum Gasteiger partial charge on any atom is 0.434 e. The van der Waals surface area contributed by atoms with Gasteiger partial charge in [0.25, 0.3) is 5.56 Å². The first-order chi connectivity index (χ1) is 20.1. The molecular weight excluding hydrogens is 596 g/mol. The zero-order chi connectivity index (χ0) is 30.0. The molecule has 0 bridgehead atoms. The first kappa shape index (κ1) is 29.3. The van der Waals surface area contributed by atoms with E-state index in [1.165, 1.54) is 43.3 Å². The molecule has 0 spiro atoms. The normalized spacial score (nSPS) is 15.3. The topological polar surface area (TPSA) is 69.9 Å². The fourth-order valence-electron chi connectivity index (χ4n) is 4.42. The third-order valence-electron chi connectivity index (χ3n) is 6.29. The number of carbonyl (C=O) groups excluding carboxylic acids is 1. The number of nitrogens with zero attached hydrogens (tertiary/aromatic N) is 2. The summed E-state index contributed by atoms with van der Waals surface area (Å²) >= 11 is 6.75. The number of hydrogen-bond donors (Lipinski definition) is 0. The van der Waals surface area contributed by atoms with Crippen LogP contribution < -0.4 is 19.6 Å². The smallest absolute Gasteiger partial charge is 0.434 e. The van der Waals surface area contributed by atoms with Crippen molar-refractivity contribution in [3.05, 3.63) is 131 Å². The van der Waals surface area contributed by atoms with E-state index >= 15 is 0 Å². The molecule has 0 saturated heterocycles. The van der Waals surface area contributed by atoms with Crippen molar-refractivity contribution >= 4 is 35.0 Å². The van der Waals surface area contributed by atoms with Gasteiger partial charge in [-0.1, -0.05) is 65.4 Å². The van der Waals surface area contributed by atoms with Crippen molar-refractivity contribution in [2.75, 3.05) is 6.61 Å². The Morgan fingerprint density at radius 2 is 1.83 bits per heavy atom. The maximum atomic E-state index is 14.2. The Morgan fingerprint density at radius 1 is 1.10 bits per heavy atom. The van der Waals surface area contributed by atoms with E-state index in [9.17, 15) is 27.2 Å². The lowest BCUT2D eigenvalue weighted by Gasteiger charge is -2.26. The second kappa shape index (κ2) is 11.9. The minimum Gasteiger partial charge on any atom is -0.489 e. The zero-order valence-corrected chi connectivity index (χ0v) is 23.4. The van der Waals surface area contributed by atoms with Crippen LogP contribution in [0.4, 0.5) is 17.6 Å². The van der Waals surface area contributed by atoms with E-state index < -0.39 is 40.8 Å². The molecule has 1 aliphatic rings. The van der Waals surface area contributed by atoms with Gasteiger partial charge in [-0.05, 0) is 54.5 Å². The van der Waals surface area contributed by atoms with Gasteiger partial charge in [-0.2, -0.15) is 13.2 Å². The van der Waals surface area contributed by atoms with Crippen molar-refractivity contribution in [2.45, 2.75) is 25.7 Å². The van der Waals surface area contributed by atoms with Crippen molar-refractivity contribution < 1.29 is 31.8 Å². The molecule has 3 aromatic carbocycles. The largest absolute Gasteiger partial charge is 0.489 e. The number of benzene rings is 3. The Balaban J connectivity index is 1.62. The molecule has 0 fully saturated rings. The van der Waals surface area contributed by atoms with Gasteiger partial charge in [0.1, 0.15) is 18.2 Å². The predicted octanol–water partition coefficient (Wildman–Crippen LogP) is 5.71. The molecule has 4 aromatic rings.